The molecular formula is C6H3BrF2OS. The monoisotopic (exact) mass is 240 g/mol. The standard InChI is InChI=1S/C6H3BrF2OS/c7-6(8,9)5(10)4-2-1-3-11-4/h1-3H. The van der Waals surface area contributed by atoms with Crippen molar-refractivity contribution in [2.45, 2.75) is 4.83 Å². The normalized spacial score (nSPS) is 11.5. The Bertz CT molecular complexity index is 252. The minimum Gasteiger partial charge on any atom is -0.285 e. The number of halogens is 3. The second kappa shape index (κ2) is 2.98. The summed E-state index contributed by atoms with van der Waals surface area (Å²) in [5.74, 6) is -1.19. The second-order valence-corrected chi connectivity index (χ2v) is 3.75. The van der Waals surface area contributed by atoms with Crippen molar-refractivity contribution in [2.75, 3.05) is 0 Å². The molecule has 1 aromatic heterocycles. The van der Waals surface area contributed by atoms with Crippen LogP contribution in [0.4, 0.5) is 8.78 Å². The summed E-state index contributed by atoms with van der Waals surface area (Å²) in [4.78, 5) is 7.37. The van der Waals surface area contributed by atoms with Gasteiger partial charge in [0.1, 0.15) is 0 Å². The molecule has 0 unspecified atom stereocenters. The molecule has 0 spiro atoms. The summed E-state index contributed by atoms with van der Waals surface area (Å²) in [6.07, 6.45) is 0. The lowest BCUT2D eigenvalue weighted by Gasteiger charge is -2.03. The van der Waals surface area contributed by atoms with Gasteiger partial charge in [0.25, 0.3) is 5.78 Å². The molecule has 0 saturated carbocycles. The first-order valence-electron chi connectivity index (χ1n) is 2.67. The van der Waals surface area contributed by atoms with E-state index in [-0.39, 0.29) is 4.88 Å². The van der Waals surface area contributed by atoms with E-state index in [0.29, 0.717) is 0 Å². The van der Waals surface area contributed by atoms with E-state index in [1.807, 2.05) is 15.9 Å². The van der Waals surface area contributed by atoms with E-state index >= 15 is 0 Å². The maximum atomic E-state index is 12.3. The fourth-order valence-corrected chi connectivity index (χ4v) is 1.59. The zero-order valence-electron chi connectivity index (χ0n) is 5.18. The summed E-state index contributed by atoms with van der Waals surface area (Å²) in [6, 6.07) is 2.92. The lowest BCUT2D eigenvalue weighted by Crippen LogP contribution is -2.19. The third-order valence-corrected chi connectivity index (χ3v) is 2.23. The Kier molecular flexibility index (Phi) is 2.39. The van der Waals surface area contributed by atoms with Gasteiger partial charge in [0.15, 0.2) is 0 Å². The van der Waals surface area contributed by atoms with Crippen molar-refractivity contribution in [3.8, 4) is 0 Å². The van der Waals surface area contributed by atoms with Crippen LogP contribution in [0.1, 0.15) is 9.67 Å². The number of rotatable bonds is 2. The van der Waals surface area contributed by atoms with Gasteiger partial charge in [-0.15, -0.1) is 11.3 Å². The van der Waals surface area contributed by atoms with Crippen molar-refractivity contribution in [1.82, 2.24) is 0 Å². The van der Waals surface area contributed by atoms with Gasteiger partial charge in [-0.25, -0.2) is 0 Å². The first kappa shape index (κ1) is 8.80. The van der Waals surface area contributed by atoms with E-state index in [4.69, 9.17) is 0 Å². The second-order valence-electron chi connectivity index (χ2n) is 1.80. The van der Waals surface area contributed by atoms with Crippen molar-refractivity contribution in [1.29, 1.82) is 0 Å². The smallest absolute Gasteiger partial charge is 0.285 e. The van der Waals surface area contributed by atoms with Gasteiger partial charge in [-0.3, -0.25) is 4.79 Å². The van der Waals surface area contributed by atoms with Crippen LogP contribution in [0.2, 0.25) is 0 Å². The van der Waals surface area contributed by atoms with Gasteiger partial charge in [0.2, 0.25) is 0 Å². The molecule has 11 heavy (non-hydrogen) atoms. The molecule has 0 aliphatic rings. The Hall–Kier alpha value is -0.290. The predicted molar refractivity (Wildman–Crippen MR) is 42.5 cm³/mol. The van der Waals surface area contributed by atoms with E-state index in [1.54, 1.807) is 11.4 Å². The van der Waals surface area contributed by atoms with E-state index in [1.165, 1.54) is 6.07 Å². The average molecular weight is 241 g/mol. The number of carbonyl (C=O) groups is 1. The lowest BCUT2D eigenvalue weighted by molar-refractivity contribution is 0.0597. The van der Waals surface area contributed by atoms with E-state index in [2.05, 4.69) is 0 Å². The molecule has 60 valence electrons. The average Bonchev–Trinajstić information content (AvgIpc) is 2.34. The Morgan fingerprint density at radius 1 is 1.64 bits per heavy atom. The van der Waals surface area contributed by atoms with Crippen LogP contribution in [0.15, 0.2) is 17.5 Å². The Balaban J connectivity index is 2.88. The minimum atomic E-state index is -3.43. The summed E-state index contributed by atoms with van der Waals surface area (Å²) >= 11 is 2.99. The Labute approximate surface area is 74.2 Å². The largest absolute Gasteiger partial charge is 0.363 e. The van der Waals surface area contributed by atoms with E-state index in [0.717, 1.165) is 11.3 Å². The zero-order chi connectivity index (χ0) is 8.48. The van der Waals surface area contributed by atoms with Crippen LogP contribution < -0.4 is 0 Å². The van der Waals surface area contributed by atoms with Crippen molar-refractivity contribution < 1.29 is 13.6 Å². The van der Waals surface area contributed by atoms with Gasteiger partial charge in [0, 0.05) is 0 Å². The van der Waals surface area contributed by atoms with Crippen molar-refractivity contribution in [3.63, 3.8) is 0 Å². The zero-order valence-corrected chi connectivity index (χ0v) is 7.58. The minimum absolute atomic E-state index is 0.0619. The summed E-state index contributed by atoms with van der Waals surface area (Å²) in [6.45, 7) is 0. The van der Waals surface area contributed by atoms with Gasteiger partial charge in [0.05, 0.1) is 4.88 Å². The third-order valence-electron chi connectivity index (χ3n) is 1.00. The molecule has 0 amide bonds. The number of carbonyl (C=O) groups excluding carboxylic acids is 1. The van der Waals surface area contributed by atoms with Crippen molar-refractivity contribution >= 4 is 33.0 Å². The molecule has 0 saturated heterocycles. The van der Waals surface area contributed by atoms with E-state index in [9.17, 15) is 13.6 Å². The summed E-state index contributed by atoms with van der Waals surface area (Å²) in [5, 5.41) is 1.58. The molecule has 0 radical (unpaired) electrons. The van der Waals surface area contributed by atoms with Crippen molar-refractivity contribution in [2.24, 2.45) is 0 Å². The fraction of sp³-hybridized carbons (Fsp3) is 0.167. The molecule has 1 aromatic rings. The number of Topliss-reactive ketones (excluding diaryl/α,β-unsaturated/α-hetero) is 1. The Morgan fingerprint density at radius 2 is 2.27 bits per heavy atom. The van der Waals surface area contributed by atoms with Gasteiger partial charge in [-0.2, -0.15) is 8.78 Å². The molecule has 0 aliphatic heterocycles. The summed E-state index contributed by atoms with van der Waals surface area (Å²) < 4.78 is 24.5. The molecule has 0 aromatic carbocycles. The van der Waals surface area contributed by atoms with Crippen LogP contribution in [-0.4, -0.2) is 10.6 Å². The van der Waals surface area contributed by atoms with E-state index < -0.39 is 10.6 Å². The van der Waals surface area contributed by atoms with Crippen LogP contribution in [0.25, 0.3) is 0 Å². The van der Waals surface area contributed by atoms with Gasteiger partial charge in [-0.05, 0) is 27.4 Å². The molecule has 0 atom stereocenters. The quantitative estimate of drug-likeness (QED) is 0.574. The predicted octanol–water partition coefficient (Wildman–Crippen LogP) is 2.92. The number of thiophene rings is 1. The van der Waals surface area contributed by atoms with Crippen LogP contribution in [0.3, 0.4) is 0 Å². The Morgan fingerprint density at radius 3 is 2.64 bits per heavy atom. The molecular weight excluding hydrogens is 238 g/mol. The highest BCUT2D eigenvalue weighted by molar-refractivity contribution is 9.10. The lowest BCUT2D eigenvalue weighted by atomic mass is 10.3. The van der Waals surface area contributed by atoms with Crippen LogP contribution in [0.5, 0.6) is 0 Å². The first-order chi connectivity index (χ1) is 5.02. The first-order valence-corrected chi connectivity index (χ1v) is 4.34. The van der Waals surface area contributed by atoms with Crippen LogP contribution in [0, 0.1) is 0 Å². The summed E-state index contributed by atoms with van der Waals surface area (Å²) in [5.41, 5.74) is 0. The van der Waals surface area contributed by atoms with Gasteiger partial charge >= 0.3 is 4.83 Å². The molecule has 1 heterocycles. The highest BCUT2D eigenvalue weighted by Gasteiger charge is 2.36. The molecule has 1 rings (SSSR count). The molecule has 5 heteroatoms. The molecule has 1 nitrogen and oxygen atoms in total. The molecule has 0 bridgehead atoms. The SMILES string of the molecule is O=C(c1cccs1)C(F)(F)Br. The van der Waals surface area contributed by atoms with Crippen molar-refractivity contribution in [3.05, 3.63) is 22.4 Å². The summed E-state index contributed by atoms with van der Waals surface area (Å²) in [7, 11) is 0. The highest BCUT2D eigenvalue weighted by Crippen LogP contribution is 2.28. The highest BCUT2D eigenvalue weighted by atomic mass is 79.9. The maximum Gasteiger partial charge on any atom is 0.363 e. The number of hydrogen-bond donors (Lipinski definition) is 0. The molecule has 0 fully saturated rings. The molecule has 0 N–H and O–H groups in total. The molecule has 0 aliphatic carbocycles. The number of alkyl halides is 3. The van der Waals surface area contributed by atoms with Crippen LogP contribution >= 0.6 is 27.3 Å². The maximum absolute atomic E-state index is 12.3. The third kappa shape index (κ3) is 2.07. The van der Waals surface area contributed by atoms with Crippen LogP contribution in [-0.2, 0) is 0 Å². The fourth-order valence-electron chi connectivity index (χ4n) is 0.547. The van der Waals surface area contributed by atoms with Gasteiger partial charge < -0.3 is 0 Å². The number of ketones is 1. The number of hydrogen-bond acceptors (Lipinski definition) is 2. The topological polar surface area (TPSA) is 17.1 Å². The van der Waals surface area contributed by atoms with Gasteiger partial charge in [-0.1, -0.05) is 6.07 Å².